The molecule has 6 N–H and O–H groups in total. The highest BCUT2D eigenvalue weighted by Gasteiger charge is 2.10. The van der Waals surface area contributed by atoms with Crippen LogP contribution in [-0.4, -0.2) is 43.7 Å². The van der Waals surface area contributed by atoms with Crippen LogP contribution in [0.3, 0.4) is 0 Å². The van der Waals surface area contributed by atoms with Gasteiger partial charge in [0.15, 0.2) is 0 Å². The first-order valence-electron chi connectivity index (χ1n) is 4.60. The Bertz CT molecular complexity index is 91.1. The van der Waals surface area contributed by atoms with Gasteiger partial charge in [0.25, 0.3) is 0 Å². The van der Waals surface area contributed by atoms with E-state index in [1.165, 1.54) is 0 Å². The molecule has 0 amide bonds. The van der Waals surface area contributed by atoms with E-state index >= 15 is 0 Å². The number of hydrogen-bond acceptors (Lipinski definition) is 4. The van der Waals surface area contributed by atoms with Gasteiger partial charge in [-0.25, -0.2) is 0 Å². The van der Waals surface area contributed by atoms with Gasteiger partial charge in [-0.3, -0.25) is 4.90 Å². The van der Waals surface area contributed by atoms with E-state index in [0.717, 1.165) is 26.1 Å². The van der Waals surface area contributed by atoms with Crippen LogP contribution in [0, 0.1) is 0 Å². The summed E-state index contributed by atoms with van der Waals surface area (Å²) >= 11 is 0. The second-order valence-corrected chi connectivity index (χ2v) is 3.04. The Morgan fingerprint density at radius 1 is 1.00 bits per heavy atom. The van der Waals surface area contributed by atoms with Crippen molar-refractivity contribution in [3.63, 3.8) is 0 Å². The first-order valence-corrected chi connectivity index (χ1v) is 4.60. The van der Waals surface area contributed by atoms with Crippen molar-refractivity contribution in [3.8, 4) is 0 Å². The molecule has 1 atom stereocenters. The second-order valence-electron chi connectivity index (χ2n) is 3.04. The van der Waals surface area contributed by atoms with Gasteiger partial charge in [-0.05, 0) is 19.9 Å². The van der Waals surface area contributed by atoms with E-state index in [2.05, 4.69) is 11.8 Å². The summed E-state index contributed by atoms with van der Waals surface area (Å²) in [5.41, 5.74) is 16.4. The normalized spacial score (nSPS) is 13.8. The fraction of sp³-hybridized carbons (Fsp3) is 1.00. The molecule has 4 nitrogen and oxygen atoms in total. The summed E-state index contributed by atoms with van der Waals surface area (Å²) in [5.74, 6) is 0. The lowest BCUT2D eigenvalue weighted by atomic mass is 10.2. The van der Waals surface area contributed by atoms with Crippen LogP contribution in [0.2, 0.25) is 0 Å². The van der Waals surface area contributed by atoms with Gasteiger partial charge in [-0.1, -0.05) is 0 Å². The van der Waals surface area contributed by atoms with Crippen LogP contribution in [0.4, 0.5) is 0 Å². The number of nitrogens with zero attached hydrogens (tertiary/aromatic N) is 1. The smallest absolute Gasteiger partial charge is 0.0108 e. The molecule has 0 rings (SSSR count). The summed E-state index contributed by atoms with van der Waals surface area (Å²) in [6.45, 7) is 6.10. The van der Waals surface area contributed by atoms with Gasteiger partial charge in [-0.15, -0.1) is 0 Å². The minimum Gasteiger partial charge on any atom is -0.330 e. The third-order valence-corrected chi connectivity index (χ3v) is 2.04. The summed E-state index contributed by atoms with van der Waals surface area (Å²) < 4.78 is 0. The maximum Gasteiger partial charge on any atom is 0.0108 e. The van der Waals surface area contributed by atoms with Crippen LogP contribution in [0.25, 0.3) is 0 Å². The van der Waals surface area contributed by atoms with Crippen LogP contribution in [0.1, 0.15) is 13.3 Å². The van der Waals surface area contributed by atoms with E-state index < -0.39 is 0 Å². The molecule has 0 spiro atoms. The first-order chi connectivity index (χ1) is 5.76. The molecule has 0 radical (unpaired) electrons. The minimum atomic E-state index is 0.502. The van der Waals surface area contributed by atoms with Crippen LogP contribution >= 0.6 is 0 Å². The van der Waals surface area contributed by atoms with Crippen molar-refractivity contribution in [1.29, 1.82) is 0 Å². The zero-order chi connectivity index (χ0) is 9.40. The fourth-order valence-electron chi connectivity index (χ4n) is 1.31. The van der Waals surface area contributed by atoms with Crippen LogP contribution < -0.4 is 17.2 Å². The lowest BCUT2D eigenvalue weighted by Crippen LogP contribution is -2.41. The molecule has 0 aromatic rings. The summed E-state index contributed by atoms with van der Waals surface area (Å²) in [4.78, 5) is 2.28. The van der Waals surface area contributed by atoms with Gasteiger partial charge in [-0.2, -0.15) is 0 Å². The van der Waals surface area contributed by atoms with Gasteiger partial charge in [0.05, 0.1) is 0 Å². The summed E-state index contributed by atoms with van der Waals surface area (Å²) in [6, 6.07) is 0.502. The third kappa shape index (κ3) is 4.66. The molecule has 4 heteroatoms. The highest BCUT2D eigenvalue weighted by atomic mass is 15.2. The maximum atomic E-state index is 5.48. The molecule has 0 aromatic heterocycles. The Labute approximate surface area is 75.1 Å². The van der Waals surface area contributed by atoms with Crippen LogP contribution in [0.5, 0.6) is 0 Å². The Morgan fingerprint density at radius 3 is 1.83 bits per heavy atom. The quantitative estimate of drug-likeness (QED) is 0.460. The van der Waals surface area contributed by atoms with Gasteiger partial charge < -0.3 is 17.2 Å². The molecule has 0 aromatic carbocycles. The molecular weight excluding hydrogens is 152 g/mol. The Balaban J connectivity index is 3.72. The van der Waals surface area contributed by atoms with Crippen molar-refractivity contribution in [1.82, 2.24) is 4.90 Å². The van der Waals surface area contributed by atoms with Gasteiger partial charge in [0.2, 0.25) is 0 Å². The zero-order valence-electron chi connectivity index (χ0n) is 8.00. The predicted octanol–water partition coefficient (Wildman–Crippen LogP) is -1.06. The highest BCUT2D eigenvalue weighted by molar-refractivity contribution is 4.68. The Morgan fingerprint density at radius 2 is 1.50 bits per heavy atom. The SMILES string of the molecule is CC(CCN)N(CCN)CCN. The largest absolute Gasteiger partial charge is 0.330 e. The summed E-state index contributed by atoms with van der Waals surface area (Å²) in [6.07, 6.45) is 1.01. The van der Waals surface area contributed by atoms with E-state index in [0.29, 0.717) is 19.1 Å². The molecule has 0 fully saturated rings. The Kier molecular flexibility index (Phi) is 7.39. The molecule has 1 unspecified atom stereocenters. The first kappa shape index (κ1) is 11.8. The van der Waals surface area contributed by atoms with E-state index in [1.54, 1.807) is 0 Å². The molecule has 74 valence electrons. The van der Waals surface area contributed by atoms with E-state index in [-0.39, 0.29) is 0 Å². The molecular formula is C8H22N4. The molecule has 0 bridgehead atoms. The van der Waals surface area contributed by atoms with E-state index in [4.69, 9.17) is 17.2 Å². The van der Waals surface area contributed by atoms with Crippen LogP contribution in [0.15, 0.2) is 0 Å². The number of hydrogen-bond donors (Lipinski definition) is 3. The molecule has 0 heterocycles. The fourth-order valence-corrected chi connectivity index (χ4v) is 1.31. The lowest BCUT2D eigenvalue weighted by Gasteiger charge is -2.27. The average molecular weight is 174 g/mol. The molecule has 0 aliphatic rings. The topological polar surface area (TPSA) is 81.3 Å². The summed E-state index contributed by atoms with van der Waals surface area (Å²) in [7, 11) is 0. The molecule has 0 saturated heterocycles. The standard InChI is InChI=1S/C8H22N4/c1-8(2-3-9)12(6-4-10)7-5-11/h8H,2-7,9-11H2,1H3. The second kappa shape index (κ2) is 7.49. The van der Waals surface area contributed by atoms with Crippen molar-refractivity contribution in [2.75, 3.05) is 32.7 Å². The molecule has 0 aliphatic carbocycles. The predicted molar refractivity (Wildman–Crippen MR) is 52.8 cm³/mol. The Hall–Kier alpha value is -0.160. The van der Waals surface area contributed by atoms with Crippen molar-refractivity contribution in [3.05, 3.63) is 0 Å². The third-order valence-electron chi connectivity index (χ3n) is 2.04. The molecule has 12 heavy (non-hydrogen) atoms. The van der Waals surface area contributed by atoms with E-state index in [1.807, 2.05) is 0 Å². The van der Waals surface area contributed by atoms with Gasteiger partial charge in [0, 0.05) is 32.2 Å². The average Bonchev–Trinajstić information content (AvgIpc) is 2.04. The molecule has 0 aliphatic heterocycles. The lowest BCUT2D eigenvalue weighted by molar-refractivity contribution is 0.213. The highest BCUT2D eigenvalue weighted by Crippen LogP contribution is 2.00. The number of nitrogens with two attached hydrogens (primary N) is 3. The van der Waals surface area contributed by atoms with Crippen molar-refractivity contribution in [2.24, 2.45) is 17.2 Å². The van der Waals surface area contributed by atoms with Gasteiger partial charge in [0.1, 0.15) is 0 Å². The molecule has 0 saturated carbocycles. The van der Waals surface area contributed by atoms with Crippen molar-refractivity contribution in [2.45, 2.75) is 19.4 Å². The van der Waals surface area contributed by atoms with Gasteiger partial charge >= 0.3 is 0 Å². The van der Waals surface area contributed by atoms with E-state index in [9.17, 15) is 0 Å². The maximum absolute atomic E-state index is 5.48. The number of rotatable bonds is 7. The monoisotopic (exact) mass is 174 g/mol. The summed E-state index contributed by atoms with van der Waals surface area (Å²) in [5, 5.41) is 0. The minimum absolute atomic E-state index is 0.502. The van der Waals surface area contributed by atoms with Crippen molar-refractivity contribution < 1.29 is 0 Å². The van der Waals surface area contributed by atoms with Crippen LogP contribution in [-0.2, 0) is 0 Å². The van der Waals surface area contributed by atoms with Crippen molar-refractivity contribution >= 4 is 0 Å². The zero-order valence-corrected chi connectivity index (χ0v) is 8.00.